The minimum Gasteiger partial charge on any atom is -0.481 e. The fourth-order valence-electron chi connectivity index (χ4n) is 2.16. The highest BCUT2D eigenvalue weighted by atomic mass is 35.5. The lowest BCUT2D eigenvalue weighted by Crippen LogP contribution is -2.11. The molecule has 0 aliphatic heterocycles. The van der Waals surface area contributed by atoms with Crippen LogP contribution in [0.25, 0.3) is 16.9 Å². The van der Waals surface area contributed by atoms with Gasteiger partial charge in [-0.25, -0.2) is 8.91 Å². The molecule has 0 saturated heterocycles. The predicted molar refractivity (Wildman–Crippen MR) is 77.5 cm³/mol. The third-order valence-corrected chi connectivity index (χ3v) is 3.60. The van der Waals surface area contributed by atoms with Crippen LogP contribution in [-0.2, 0) is 11.2 Å². The molecule has 0 aliphatic rings. The SMILES string of the molecule is O=C(O)Cc1c(-c2c(F)cccc2Cl)c(Cl)nc2ncnn12. The van der Waals surface area contributed by atoms with E-state index in [2.05, 4.69) is 15.1 Å². The average molecular weight is 341 g/mol. The Morgan fingerprint density at radius 1 is 1.32 bits per heavy atom. The summed E-state index contributed by atoms with van der Waals surface area (Å²) in [5.41, 5.74) is 0.215. The molecule has 0 bridgehead atoms. The molecule has 0 fully saturated rings. The molecule has 0 atom stereocenters. The Kier molecular flexibility index (Phi) is 3.67. The van der Waals surface area contributed by atoms with Gasteiger partial charge in [0, 0.05) is 11.1 Å². The van der Waals surface area contributed by atoms with Crippen LogP contribution >= 0.6 is 23.2 Å². The number of carboxylic acids is 1. The summed E-state index contributed by atoms with van der Waals surface area (Å²) < 4.78 is 15.4. The lowest BCUT2D eigenvalue weighted by molar-refractivity contribution is -0.136. The van der Waals surface area contributed by atoms with Gasteiger partial charge in [0.25, 0.3) is 5.78 Å². The number of rotatable bonds is 3. The highest BCUT2D eigenvalue weighted by Crippen LogP contribution is 2.37. The number of hydrogen-bond donors (Lipinski definition) is 1. The lowest BCUT2D eigenvalue weighted by Gasteiger charge is -2.13. The summed E-state index contributed by atoms with van der Waals surface area (Å²) in [6.45, 7) is 0. The smallest absolute Gasteiger partial charge is 0.309 e. The maximum absolute atomic E-state index is 14.2. The number of benzene rings is 1. The molecule has 6 nitrogen and oxygen atoms in total. The van der Waals surface area contributed by atoms with Gasteiger partial charge >= 0.3 is 5.97 Å². The largest absolute Gasteiger partial charge is 0.481 e. The second-order valence-electron chi connectivity index (χ2n) is 4.36. The van der Waals surface area contributed by atoms with Crippen molar-refractivity contribution < 1.29 is 14.3 Å². The molecule has 0 amide bonds. The average Bonchev–Trinajstić information content (AvgIpc) is 2.88. The van der Waals surface area contributed by atoms with Crippen LogP contribution in [0.4, 0.5) is 4.39 Å². The van der Waals surface area contributed by atoms with Gasteiger partial charge < -0.3 is 5.11 Å². The molecule has 0 aliphatic carbocycles. The van der Waals surface area contributed by atoms with Crippen molar-refractivity contribution >= 4 is 34.9 Å². The summed E-state index contributed by atoms with van der Waals surface area (Å²) in [4.78, 5) is 19.0. The van der Waals surface area contributed by atoms with Crippen molar-refractivity contribution in [2.45, 2.75) is 6.42 Å². The van der Waals surface area contributed by atoms with E-state index in [-0.39, 0.29) is 32.8 Å². The highest BCUT2D eigenvalue weighted by Gasteiger charge is 2.23. The van der Waals surface area contributed by atoms with Crippen molar-refractivity contribution in [3.63, 3.8) is 0 Å². The first-order valence-corrected chi connectivity index (χ1v) is 6.79. The number of halogens is 3. The molecule has 2 heterocycles. The van der Waals surface area contributed by atoms with E-state index in [4.69, 9.17) is 28.3 Å². The Morgan fingerprint density at radius 3 is 2.77 bits per heavy atom. The Balaban J connectivity index is 2.42. The van der Waals surface area contributed by atoms with Crippen LogP contribution in [0.15, 0.2) is 24.5 Å². The summed E-state index contributed by atoms with van der Waals surface area (Å²) in [5.74, 6) is -1.65. The topological polar surface area (TPSA) is 80.4 Å². The number of carbonyl (C=O) groups is 1. The molecule has 2 aromatic heterocycles. The van der Waals surface area contributed by atoms with Crippen LogP contribution in [-0.4, -0.2) is 30.7 Å². The van der Waals surface area contributed by atoms with Crippen LogP contribution in [0.5, 0.6) is 0 Å². The number of hydrogen-bond acceptors (Lipinski definition) is 4. The van der Waals surface area contributed by atoms with Crippen molar-refractivity contribution in [3.05, 3.63) is 46.2 Å². The monoisotopic (exact) mass is 340 g/mol. The first-order chi connectivity index (χ1) is 10.5. The maximum atomic E-state index is 14.2. The van der Waals surface area contributed by atoms with E-state index in [1.807, 2.05) is 0 Å². The van der Waals surface area contributed by atoms with E-state index in [0.29, 0.717) is 0 Å². The lowest BCUT2D eigenvalue weighted by atomic mass is 10.0. The number of carboxylic acid groups (broad SMARTS) is 1. The van der Waals surface area contributed by atoms with Gasteiger partial charge in [-0.1, -0.05) is 29.3 Å². The summed E-state index contributed by atoms with van der Waals surface area (Å²) in [7, 11) is 0. The molecule has 0 unspecified atom stereocenters. The summed E-state index contributed by atoms with van der Waals surface area (Å²) >= 11 is 12.2. The van der Waals surface area contributed by atoms with Gasteiger partial charge in [-0.3, -0.25) is 4.79 Å². The van der Waals surface area contributed by atoms with Gasteiger partial charge in [0.1, 0.15) is 17.3 Å². The summed E-state index contributed by atoms with van der Waals surface area (Å²) in [5, 5.41) is 13.0. The normalized spacial score (nSPS) is 11.0. The van der Waals surface area contributed by atoms with Crippen molar-refractivity contribution in [2.24, 2.45) is 0 Å². The van der Waals surface area contributed by atoms with Crippen molar-refractivity contribution in [1.29, 1.82) is 0 Å². The maximum Gasteiger partial charge on any atom is 0.309 e. The van der Waals surface area contributed by atoms with Gasteiger partial charge in [0.05, 0.1) is 17.1 Å². The zero-order valence-electron chi connectivity index (χ0n) is 10.8. The quantitative estimate of drug-likeness (QED) is 0.741. The number of aromatic nitrogens is 4. The van der Waals surface area contributed by atoms with E-state index in [1.54, 1.807) is 0 Å². The Labute approximate surface area is 133 Å². The molecular weight excluding hydrogens is 334 g/mol. The van der Waals surface area contributed by atoms with E-state index >= 15 is 0 Å². The first-order valence-electron chi connectivity index (χ1n) is 6.03. The molecule has 0 radical (unpaired) electrons. The van der Waals surface area contributed by atoms with E-state index in [0.717, 1.165) is 0 Å². The van der Waals surface area contributed by atoms with Crippen LogP contribution in [0.1, 0.15) is 5.69 Å². The van der Waals surface area contributed by atoms with E-state index in [1.165, 1.54) is 29.0 Å². The fourth-order valence-corrected chi connectivity index (χ4v) is 2.70. The number of fused-ring (bicyclic) bond motifs is 1. The van der Waals surface area contributed by atoms with Crippen LogP contribution in [0, 0.1) is 5.82 Å². The zero-order valence-corrected chi connectivity index (χ0v) is 12.3. The standard InChI is InChI=1S/C13H7Cl2FN4O2/c14-6-2-1-3-7(16)10(6)11-8(4-9(21)22)20-13(17-5-18-20)19-12(11)15/h1-3,5H,4H2,(H,21,22). The minimum absolute atomic E-state index is 0.0182. The second-order valence-corrected chi connectivity index (χ2v) is 5.13. The summed E-state index contributed by atoms with van der Waals surface area (Å²) in [6.07, 6.45) is 0.763. The molecule has 3 rings (SSSR count). The van der Waals surface area contributed by atoms with Gasteiger partial charge in [0.15, 0.2) is 0 Å². The Morgan fingerprint density at radius 2 is 2.09 bits per heavy atom. The van der Waals surface area contributed by atoms with Crippen molar-refractivity contribution in [3.8, 4) is 11.1 Å². The van der Waals surface area contributed by atoms with E-state index in [9.17, 15) is 9.18 Å². The van der Waals surface area contributed by atoms with Gasteiger partial charge in [0.2, 0.25) is 0 Å². The minimum atomic E-state index is -1.13. The number of nitrogens with zero attached hydrogens (tertiary/aromatic N) is 4. The molecule has 0 spiro atoms. The van der Waals surface area contributed by atoms with Crippen LogP contribution < -0.4 is 0 Å². The molecule has 1 N–H and O–H groups in total. The number of aliphatic carboxylic acids is 1. The fraction of sp³-hybridized carbons (Fsp3) is 0.0769. The molecular formula is C13H7Cl2FN4O2. The summed E-state index contributed by atoms with van der Waals surface area (Å²) in [6, 6.07) is 4.12. The van der Waals surface area contributed by atoms with Crippen LogP contribution in [0.3, 0.4) is 0 Å². The molecule has 1 aromatic carbocycles. The van der Waals surface area contributed by atoms with Crippen molar-refractivity contribution in [2.75, 3.05) is 0 Å². The Hall–Kier alpha value is -2.25. The predicted octanol–water partition coefficient (Wildman–Crippen LogP) is 2.86. The molecule has 3 aromatic rings. The Bertz CT molecular complexity index is 877. The molecule has 112 valence electrons. The third-order valence-electron chi connectivity index (χ3n) is 3.01. The molecule has 22 heavy (non-hydrogen) atoms. The van der Waals surface area contributed by atoms with E-state index < -0.39 is 18.2 Å². The first kappa shape index (κ1) is 14.7. The van der Waals surface area contributed by atoms with Gasteiger partial charge in [-0.2, -0.15) is 15.1 Å². The molecule has 0 saturated carbocycles. The zero-order chi connectivity index (χ0) is 15.9. The second kappa shape index (κ2) is 5.51. The highest BCUT2D eigenvalue weighted by molar-refractivity contribution is 6.36. The molecule has 9 heteroatoms. The van der Waals surface area contributed by atoms with Crippen molar-refractivity contribution in [1.82, 2.24) is 19.6 Å². The third kappa shape index (κ3) is 2.38. The van der Waals surface area contributed by atoms with Gasteiger partial charge in [-0.05, 0) is 12.1 Å². The van der Waals surface area contributed by atoms with Gasteiger partial charge in [-0.15, -0.1) is 0 Å². The van der Waals surface area contributed by atoms with Crippen LogP contribution in [0.2, 0.25) is 10.2 Å².